The van der Waals surface area contributed by atoms with Crippen molar-refractivity contribution in [2.75, 3.05) is 5.32 Å². The van der Waals surface area contributed by atoms with Gasteiger partial charge < -0.3 is 5.32 Å². The van der Waals surface area contributed by atoms with Crippen LogP contribution in [0.25, 0.3) is 0 Å². The maximum atomic E-state index is 12.0. The molecule has 20 heavy (non-hydrogen) atoms. The molecule has 7 heteroatoms. The van der Waals surface area contributed by atoms with Gasteiger partial charge in [0.2, 0.25) is 11.7 Å². The molecule has 1 aliphatic rings. The Morgan fingerprint density at radius 2 is 2.10 bits per heavy atom. The normalized spacial score (nSPS) is 15.8. The lowest BCUT2D eigenvalue weighted by Crippen LogP contribution is -2.19. The lowest BCUT2D eigenvalue weighted by Gasteiger charge is -2.20. The summed E-state index contributed by atoms with van der Waals surface area (Å²) in [7, 11) is 0. The second kappa shape index (κ2) is 6.65. The van der Waals surface area contributed by atoms with Gasteiger partial charge in [-0.25, -0.2) is 4.98 Å². The molecule has 1 fully saturated rings. The Labute approximate surface area is 121 Å². The Morgan fingerprint density at radius 3 is 2.75 bits per heavy atom. The highest BCUT2D eigenvalue weighted by Crippen LogP contribution is 2.28. The fraction of sp³-hybridized carbons (Fsp3) is 0.538. The van der Waals surface area contributed by atoms with E-state index in [0.717, 1.165) is 25.7 Å². The van der Waals surface area contributed by atoms with Crippen LogP contribution in [0, 0.1) is 16.0 Å². The molecular weight excluding hydrogens is 282 g/mol. The number of hydrogen-bond donors (Lipinski definition) is 1. The van der Waals surface area contributed by atoms with Gasteiger partial charge in [-0.1, -0.05) is 30.9 Å². The van der Waals surface area contributed by atoms with Crippen LogP contribution in [0.15, 0.2) is 12.1 Å². The Balaban J connectivity index is 2.03. The fourth-order valence-electron chi connectivity index (χ4n) is 2.50. The van der Waals surface area contributed by atoms with Gasteiger partial charge in [0, 0.05) is 12.5 Å². The predicted molar refractivity (Wildman–Crippen MR) is 75.7 cm³/mol. The molecule has 1 saturated carbocycles. The lowest BCUT2D eigenvalue weighted by molar-refractivity contribution is -0.384. The van der Waals surface area contributed by atoms with Gasteiger partial charge in [-0.2, -0.15) is 0 Å². The van der Waals surface area contributed by atoms with Gasteiger partial charge in [0.05, 0.1) is 4.92 Å². The van der Waals surface area contributed by atoms with E-state index in [4.69, 9.17) is 11.6 Å². The van der Waals surface area contributed by atoms with Crippen molar-refractivity contribution in [3.63, 3.8) is 0 Å². The first kappa shape index (κ1) is 14.7. The second-order valence-electron chi connectivity index (χ2n) is 5.02. The number of pyridine rings is 1. The summed E-state index contributed by atoms with van der Waals surface area (Å²) in [4.78, 5) is 26.1. The SMILES string of the molecule is O=C(CC1CCCCC1)Nc1nc(Cl)ccc1[N+](=O)[O-]. The highest BCUT2D eigenvalue weighted by atomic mass is 35.5. The molecule has 1 aromatic rings. The zero-order valence-corrected chi connectivity index (χ0v) is 11.7. The van der Waals surface area contributed by atoms with Crippen LogP contribution in [0.1, 0.15) is 38.5 Å². The summed E-state index contributed by atoms with van der Waals surface area (Å²) in [5.41, 5.74) is -0.244. The number of halogens is 1. The van der Waals surface area contributed by atoms with E-state index in [0.29, 0.717) is 12.3 Å². The molecule has 1 amide bonds. The van der Waals surface area contributed by atoms with Crippen molar-refractivity contribution in [3.05, 3.63) is 27.4 Å². The van der Waals surface area contributed by atoms with Crippen LogP contribution in [-0.4, -0.2) is 15.8 Å². The number of aromatic nitrogens is 1. The molecule has 2 rings (SSSR count). The van der Waals surface area contributed by atoms with Crippen molar-refractivity contribution in [2.45, 2.75) is 38.5 Å². The van der Waals surface area contributed by atoms with E-state index < -0.39 is 4.92 Å². The van der Waals surface area contributed by atoms with Crippen LogP contribution in [0.2, 0.25) is 5.15 Å². The van der Waals surface area contributed by atoms with E-state index in [1.165, 1.54) is 18.6 Å². The van der Waals surface area contributed by atoms with Gasteiger partial charge in [0.25, 0.3) is 0 Å². The summed E-state index contributed by atoms with van der Waals surface area (Å²) in [5, 5.41) is 13.5. The van der Waals surface area contributed by atoms with Gasteiger partial charge in [-0.3, -0.25) is 14.9 Å². The van der Waals surface area contributed by atoms with E-state index in [2.05, 4.69) is 10.3 Å². The van der Waals surface area contributed by atoms with Crippen molar-refractivity contribution < 1.29 is 9.72 Å². The maximum Gasteiger partial charge on any atom is 0.311 e. The summed E-state index contributed by atoms with van der Waals surface area (Å²) < 4.78 is 0. The number of nitro groups is 1. The van der Waals surface area contributed by atoms with Gasteiger partial charge >= 0.3 is 5.69 Å². The molecule has 1 N–H and O–H groups in total. The van der Waals surface area contributed by atoms with Crippen molar-refractivity contribution in [3.8, 4) is 0 Å². The molecule has 0 aromatic carbocycles. The van der Waals surface area contributed by atoms with Crippen molar-refractivity contribution >= 4 is 29.0 Å². The zero-order chi connectivity index (χ0) is 14.5. The Kier molecular flexibility index (Phi) is 4.89. The van der Waals surface area contributed by atoms with Gasteiger partial charge in [0.1, 0.15) is 5.15 Å². The molecular formula is C13H16ClN3O3. The number of amides is 1. The number of carbonyl (C=O) groups is 1. The number of hydrogen-bond acceptors (Lipinski definition) is 4. The minimum Gasteiger partial charge on any atom is -0.305 e. The van der Waals surface area contributed by atoms with Gasteiger partial charge in [-0.05, 0) is 24.8 Å². The molecule has 1 aromatic heterocycles. The highest BCUT2D eigenvalue weighted by Gasteiger charge is 2.21. The number of rotatable bonds is 4. The standard InChI is InChI=1S/C13H16ClN3O3/c14-11-7-6-10(17(19)20)13(15-11)16-12(18)8-9-4-2-1-3-5-9/h6-7,9H,1-5,8H2,(H,15,16,18). The quantitative estimate of drug-likeness (QED) is 0.523. The van der Waals surface area contributed by atoms with Crippen molar-refractivity contribution in [2.24, 2.45) is 5.92 Å². The number of nitrogens with one attached hydrogen (secondary N) is 1. The number of anilines is 1. The fourth-order valence-corrected chi connectivity index (χ4v) is 2.65. The molecule has 1 aliphatic carbocycles. The van der Waals surface area contributed by atoms with E-state index in [1.54, 1.807) is 0 Å². The summed E-state index contributed by atoms with van der Waals surface area (Å²) in [6.45, 7) is 0. The van der Waals surface area contributed by atoms with Gasteiger partial charge in [0.15, 0.2) is 0 Å². The van der Waals surface area contributed by atoms with Crippen LogP contribution in [0.5, 0.6) is 0 Å². The van der Waals surface area contributed by atoms with Crippen molar-refractivity contribution in [1.29, 1.82) is 0 Å². The molecule has 0 aliphatic heterocycles. The molecule has 0 radical (unpaired) electrons. The second-order valence-corrected chi connectivity index (χ2v) is 5.40. The maximum absolute atomic E-state index is 12.0. The average molecular weight is 298 g/mol. The molecule has 0 saturated heterocycles. The Hall–Kier alpha value is -1.69. The first-order chi connectivity index (χ1) is 9.56. The van der Waals surface area contributed by atoms with Crippen molar-refractivity contribution in [1.82, 2.24) is 4.98 Å². The van der Waals surface area contributed by atoms with Crippen LogP contribution >= 0.6 is 11.6 Å². The third kappa shape index (κ3) is 3.90. The van der Waals surface area contributed by atoms with Crippen LogP contribution in [0.3, 0.4) is 0 Å². The third-order valence-corrected chi connectivity index (χ3v) is 3.70. The predicted octanol–water partition coefficient (Wildman–Crippen LogP) is 3.55. The Bertz CT molecular complexity index is 516. The van der Waals surface area contributed by atoms with E-state index >= 15 is 0 Å². The molecule has 1 heterocycles. The third-order valence-electron chi connectivity index (χ3n) is 3.49. The minimum atomic E-state index is -0.584. The molecule has 0 atom stereocenters. The smallest absolute Gasteiger partial charge is 0.305 e. The average Bonchev–Trinajstić information content (AvgIpc) is 2.39. The first-order valence-corrected chi connectivity index (χ1v) is 7.05. The Morgan fingerprint density at radius 1 is 1.40 bits per heavy atom. The number of nitrogens with zero attached hydrogens (tertiary/aromatic N) is 2. The summed E-state index contributed by atoms with van der Waals surface area (Å²) in [5.74, 6) is 0.0417. The summed E-state index contributed by atoms with van der Waals surface area (Å²) in [6.07, 6.45) is 5.97. The lowest BCUT2D eigenvalue weighted by atomic mass is 9.87. The number of carbonyl (C=O) groups excluding carboxylic acids is 1. The summed E-state index contributed by atoms with van der Waals surface area (Å²) >= 11 is 5.71. The molecule has 0 spiro atoms. The largest absolute Gasteiger partial charge is 0.311 e. The molecule has 0 unspecified atom stereocenters. The van der Waals surface area contributed by atoms with Gasteiger partial charge in [-0.15, -0.1) is 0 Å². The van der Waals surface area contributed by atoms with E-state index in [-0.39, 0.29) is 22.6 Å². The minimum absolute atomic E-state index is 0.0803. The monoisotopic (exact) mass is 297 g/mol. The summed E-state index contributed by atoms with van der Waals surface area (Å²) in [6, 6.07) is 2.57. The van der Waals surface area contributed by atoms with E-state index in [9.17, 15) is 14.9 Å². The van der Waals surface area contributed by atoms with Crippen LogP contribution in [-0.2, 0) is 4.79 Å². The molecule has 0 bridgehead atoms. The highest BCUT2D eigenvalue weighted by molar-refractivity contribution is 6.29. The van der Waals surface area contributed by atoms with Crippen LogP contribution in [0.4, 0.5) is 11.5 Å². The first-order valence-electron chi connectivity index (χ1n) is 6.67. The van der Waals surface area contributed by atoms with Crippen LogP contribution < -0.4 is 5.32 Å². The molecule has 6 nitrogen and oxygen atoms in total. The molecule has 108 valence electrons. The topological polar surface area (TPSA) is 85.1 Å². The van der Waals surface area contributed by atoms with E-state index in [1.807, 2.05) is 0 Å². The zero-order valence-electron chi connectivity index (χ0n) is 11.0.